The molecule has 38 heavy (non-hydrogen) atoms. The number of benzene rings is 2. The third-order valence-corrected chi connectivity index (χ3v) is 6.67. The fourth-order valence-corrected chi connectivity index (χ4v) is 4.49. The molecule has 1 N–H and O–H groups in total. The minimum atomic E-state index is -0.594. The lowest BCUT2D eigenvalue weighted by Gasteiger charge is -2.34. The van der Waals surface area contributed by atoms with Crippen molar-refractivity contribution in [3.63, 3.8) is 0 Å². The lowest BCUT2D eigenvalue weighted by Crippen LogP contribution is -2.44. The largest absolute Gasteiger partial charge is 0.486 e. The smallest absolute Gasteiger partial charge is 0.247 e. The van der Waals surface area contributed by atoms with Gasteiger partial charge in [-0.1, -0.05) is 30.8 Å². The molecule has 1 aliphatic rings. The summed E-state index contributed by atoms with van der Waals surface area (Å²) in [4.78, 5) is 16.3. The van der Waals surface area contributed by atoms with Gasteiger partial charge in [-0.25, -0.2) is 8.91 Å². The van der Waals surface area contributed by atoms with Gasteiger partial charge in [0.15, 0.2) is 5.82 Å². The maximum Gasteiger partial charge on any atom is 0.247 e. The Balaban J connectivity index is 1.43. The maximum absolute atomic E-state index is 15.0. The number of piperazine rings is 1. The van der Waals surface area contributed by atoms with E-state index in [-0.39, 0.29) is 17.9 Å². The minimum absolute atomic E-state index is 0.0393. The van der Waals surface area contributed by atoms with Crippen molar-refractivity contribution in [3.05, 3.63) is 90.5 Å². The summed E-state index contributed by atoms with van der Waals surface area (Å²) in [6.07, 6.45) is 4.40. The molecule has 0 bridgehead atoms. The number of fused-ring (bicyclic) bond motifs is 1. The molecular formula is C29H27FN6O2. The molecule has 0 atom stereocenters. The zero-order valence-electron chi connectivity index (χ0n) is 21.0. The first-order valence-electron chi connectivity index (χ1n) is 12.3. The van der Waals surface area contributed by atoms with Gasteiger partial charge in [-0.3, -0.25) is 4.79 Å². The number of likely N-dealkylation sites (N-methyl/N-ethyl adjacent to an activating group) is 1. The SMILES string of the molecule is C=CC(=O)Nc1cccc(COc2cc(-c3ccc(N4CCN(C)CC4)cc3)cn3ncc(C#N)c23)c1F. The number of anilines is 2. The van der Waals surface area contributed by atoms with Gasteiger partial charge in [0.2, 0.25) is 5.91 Å². The van der Waals surface area contributed by atoms with E-state index in [1.165, 1.54) is 18.0 Å². The van der Waals surface area contributed by atoms with Crippen LogP contribution in [0.25, 0.3) is 16.6 Å². The van der Waals surface area contributed by atoms with Gasteiger partial charge >= 0.3 is 0 Å². The van der Waals surface area contributed by atoms with Crippen LogP contribution in [0, 0.1) is 17.1 Å². The second-order valence-corrected chi connectivity index (χ2v) is 9.15. The van der Waals surface area contributed by atoms with E-state index >= 15 is 4.39 Å². The number of hydrogen-bond donors (Lipinski definition) is 1. The van der Waals surface area contributed by atoms with Crippen molar-refractivity contribution in [3.8, 4) is 22.9 Å². The Labute approximate surface area is 220 Å². The number of hydrogen-bond acceptors (Lipinski definition) is 6. The number of carbonyl (C=O) groups is 1. The average molecular weight is 511 g/mol. The van der Waals surface area contributed by atoms with E-state index in [9.17, 15) is 10.1 Å². The van der Waals surface area contributed by atoms with Gasteiger partial charge in [0.05, 0.1) is 11.9 Å². The van der Waals surface area contributed by atoms with Crippen molar-refractivity contribution >= 4 is 22.8 Å². The third kappa shape index (κ3) is 5.08. The zero-order chi connectivity index (χ0) is 26.6. The number of nitrogens with zero attached hydrogens (tertiary/aromatic N) is 5. The van der Waals surface area contributed by atoms with E-state index in [1.54, 1.807) is 16.6 Å². The molecule has 0 radical (unpaired) electrons. The van der Waals surface area contributed by atoms with E-state index in [0.717, 1.165) is 43.4 Å². The monoisotopic (exact) mass is 510 g/mol. The Morgan fingerprint density at radius 1 is 1.18 bits per heavy atom. The second-order valence-electron chi connectivity index (χ2n) is 9.15. The number of rotatable bonds is 7. The summed E-state index contributed by atoms with van der Waals surface area (Å²) in [6, 6.07) is 17.0. The minimum Gasteiger partial charge on any atom is -0.486 e. The van der Waals surface area contributed by atoms with Gasteiger partial charge in [0, 0.05) is 49.2 Å². The molecule has 1 aliphatic heterocycles. The molecule has 1 saturated heterocycles. The molecule has 192 valence electrons. The molecule has 0 aliphatic carbocycles. The van der Waals surface area contributed by atoms with E-state index < -0.39 is 11.7 Å². The highest BCUT2D eigenvalue weighted by Crippen LogP contribution is 2.32. The van der Waals surface area contributed by atoms with E-state index in [2.05, 4.69) is 64.2 Å². The van der Waals surface area contributed by atoms with Crippen LogP contribution in [0.3, 0.4) is 0 Å². The van der Waals surface area contributed by atoms with E-state index in [1.807, 2.05) is 12.3 Å². The number of nitriles is 1. The molecule has 1 fully saturated rings. The van der Waals surface area contributed by atoms with E-state index in [0.29, 0.717) is 16.8 Å². The van der Waals surface area contributed by atoms with Crippen molar-refractivity contribution in [2.45, 2.75) is 6.61 Å². The van der Waals surface area contributed by atoms with Crippen LogP contribution in [0.2, 0.25) is 0 Å². The molecular weight excluding hydrogens is 483 g/mol. The number of halogens is 1. The highest BCUT2D eigenvalue weighted by atomic mass is 19.1. The normalized spacial score (nSPS) is 13.8. The molecule has 8 nitrogen and oxygen atoms in total. The Morgan fingerprint density at radius 3 is 2.66 bits per heavy atom. The van der Waals surface area contributed by atoms with Crippen molar-refractivity contribution in [1.29, 1.82) is 5.26 Å². The Morgan fingerprint density at radius 2 is 1.95 bits per heavy atom. The standard InChI is InChI=1S/C29H27FN6O2/c1-3-27(37)33-25-6-4-5-21(28(25)30)19-38-26-15-22(18-36-29(26)23(16-31)17-32-36)20-7-9-24(10-8-20)35-13-11-34(2)12-14-35/h3-10,15,17-18H,1,11-14,19H2,2H3,(H,33,37). The van der Waals surface area contributed by atoms with Crippen molar-refractivity contribution in [1.82, 2.24) is 14.5 Å². The van der Waals surface area contributed by atoms with Gasteiger partial charge in [-0.15, -0.1) is 0 Å². The Hall–Kier alpha value is -4.68. The fraction of sp³-hybridized carbons (Fsp3) is 0.207. The molecule has 9 heteroatoms. The summed E-state index contributed by atoms with van der Waals surface area (Å²) in [7, 11) is 2.13. The lowest BCUT2D eigenvalue weighted by atomic mass is 10.1. The summed E-state index contributed by atoms with van der Waals surface area (Å²) in [5, 5.41) is 16.4. The van der Waals surface area contributed by atoms with Gasteiger partial charge in [-0.05, 0) is 43.0 Å². The van der Waals surface area contributed by atoms with Crippen LogP contribution in [-0.4, -0.2) is 53.6 Å². The van der Waals surface area contributed by atoms with E-state index in [4.69, 9.17) is 4.74 Å². The second kappa shape index (κ2) is 10.7. The molecule has 0 unspecified atom stereocenters. The predicted molar refractivity (Wildman–Crippen MR) is 145 cm³/mol. The van der Waals surface area contributed by atoms with Gasteiger partial charge in [0.25, 0.3) is 0 Å². The lowest BCUT2D eigenvalue weighted by molar-refractivity contribution is -0.111. The fourth-order valence-electron chi connectivity index (χ4n) is 4.49. The van der Waals surface area contributed by atoms with Crippen LogP contribution in [-0.2, 0) is 11.4 Å². The number of ether oxygens (including phenoxy) is 1. The van der Waals surface area contributed by atoms with Gasteiger partial charge in [-0.2, -0.15) is 10.4 Å². The number of pyridine rings is 1. The molecule has 2 aromatic heterocycles. The highest BCUT2D eigenvalue weighted by molar-refractivity contribution is 5.99. The van der Waals surface area contributed by atoms with Crippen molar-refractivity contribution < 1.29 is 13.9 Å². The topological polar surface area (TPSA) is 85.9 Å². The molecule has 0 saturated carbocycles. The number of nitrogens with one attached hydrogen (secondary N) is 1. The van der Waals surface area contributed by atoms with Crippen molar-refractivity contribution in [2.75, 3.05) is 43.4 Å². The van der Waals surface area contributed by atoms with Crippen LogP contribution in [0.15, 0.2) is 73.6 Å². The van der Waals surface area contributed by atoms with Gasteiger partial charge < -0.3 is 19.9 Å². The maximum atomic E-state index is 15.0. The summed E-state index contributed by atoms with van der Waals surface area (Å²) in [5.74, 6) is -0.698. The van der Waals surface area contributed by atoms with Gasteiger partial charge in [0.1, 0.15) is 29.5 Å². The number of carbonyl (C=O) groups excluding carboxylic acids is 1. The molecule has 3 heterocycles. The molecule has 4 aromatic rings. The average Bonchev–Trinajstić information content (AvgIpc) is 3.37. The summed E-state index contributed by atoms with van der Waals surface area (Å²) in [5.41, 5.74) is 4.12. The van der Waals surface area contributed by atoms with Crippen LogP contribution in [0.5, 0.6) is 5.75 Å². The summed E-state index contributed by atoms with van der Waals surface area (Å²) < 4.78 is 22.7. The molecule has 1 amide bonds. The Bertz CT molecular complexity index is 1530. The first-order valence-corrected chi connectivity index (χ1v) is 12.3. The third-order valence-electron chi connectivity index (χ3n) is 6.67. The number of aromatic nitrogens is 2. The summed E-state index contributed by atoms with van der Waals surface area (Å²) in [6.45, 7) is 7.31. The molecule has 0 spiro atoms. The van der Waals surface area contributed by atoms with Crippen LogP contribution in [0.4, 0.5) is 15.8 Å². The Kier molecular flexibility index (Phi) is 7.07. The highest BCUT2D eigenvalue weighted by Gasteiger charge is 2.17. The molecule has 5 rings (SSSR count). The van der Waals surface area contributed by atoms with Crippen LogP contribution in [0.1, 0.15) is 11.1 Å². The van der Waals surface area contributed by atoms with Crippen LogP contribution >= 0.6 is 0 Å². The quantitative estimate of drug-likeness (QED) is 0.370. The first kappa shape index (κ1) is 25.0. The zero-order valence-corrected chi connectivity index (χ0v) is 21.0. The molecule has 2 aromatic carbocycles. The first-order chi connectivity index (χ1) is 18.5. The van der Waals surface area contributed by atoms with Crippen molar-refractivity contribution in [2.24, 2.45) is 0 Å². The summed E-state index contributed by atoms with van der Waals surface area (Å²) >= 11 is 0. The predicted octanol–water partition coefficient (Wildman–Crippen LogP) is 4.47. The number of amides is 1. The van der Waals surface area contributed by atoms with Crippen LogP contribution < -0.4 is 15.0 Å².